The maximum absolute atomic E-state index is 13.1. The number of amides is 1. The molecule has 0 aliphatic carbocycles. The third-order valence-electron chi connectivity index (χ3n) is 4.33. The van der Waals surface area contributed by atoms with Crippen LogP contribution in [0.2, 0.25) is 0 Å². The summed E-state index contributed by atoms with van der Waals surface area (Å²) in [4.78, 5) is 14.3. The van der Waals surface area contributed by atoms with Crippen molar-refractivity contribution in [2.24, 2.45) is 5.92 Å². The Labute approximate surface area is 137 Å². The van der Waals surface area contributed by atoms with Gasteiger partial charge in [0.1, 0.15) is 5.82 Å². The van der Waals surface area contributed by atoms with E-state index in [0.29, 0.717) is 12.1 Å². The molecule has 1 heterocycles. The van der Waals surface area contributed by atoms with Crippen LogP contribution >= 0.6 is 0 Å². The molecule has 0 aromatic heterocycles. The summed E-state index contributed by atoms with van der Waals surface area (Å²) in [5.41, 5.74) is 0.433. The number of aliphatic hydroxyl groups excluding tert-OH is 1. The molecule has 0 bridgehead atoms. The van der Waals surface area contributed by atoms with Gasteiger partial charge in [-0.3, -0.25) is 4.79 Å². The van der Waals surface area contributed by atoms with Crippen LogP contribution in [0.3, 0.4) is 0 Å². The highest BCUT2D eigenvalue weighted by Gasteiger charge is 2.16. The highest BCUT2D eigenvalue weighted by molar-refractivity contribution is 5.76. The second-order valence-corrected chi connectivity index (χ2v) is 6.53. The van der Waals surface area contributed by atoms with E-state index >= 15 is 0 Å². The second kappa shape index (κ2) is 8.99. The van der Waals surface area contributed by atoms with Gasteiger partial charge in [-0.1, -0.05) is 19.1 Å². The van der Waals surface area contributed by atoms with Gasteiger partial charge in [0.25, 0.3) is 0 Å². The number of benzene rings is 1. The van der Waals surface area contributed by atoms with Gasteiger partial charge in [-0.25, -0.2) is 4.39 Å². The summed E-state index contributed by atoms with van der Waals surface area (Å²) in [6.45, 7) is 6.18. The van der Waals surface area contributed by atoms with Crippen LogP contribution in [0.4, 0.5) is 4.39 Å². The first-order valence-corrected chi connectivity index (χ1v) is 8.47. The van der Waals surface area contributed by atoms with E-state index in [9.17, 15) is 14.3 Å². The smallest absolute Gasteiger partial charge is 0.222 e. The van der Waals surface area contributed by atoms with Crippen molar-refractivity contribution in [3.63, 3.8) is 0 Å². The highest BCUT2D eigenvalue weighted by Crippen LogP contribution is 2.17. The van der Waals surface area contributed by atoms with E-state index in [0.717, 1.165) is 32.0 Å². The number of carbonyl (C=O) groups excluding carboxylic acids is 1. The predicted molar refractivity (Wildman–Crippen MR) is 88.4 cm³/mol. The molecule has 4 nitrogen and oxygen atoms in total. The summed E-state index contributed by atoms with van der Waals surface area (Å²) >= 11 is 0. The molecule has 5 heteroatoms. The lowest BCUT2D eigenvalue weighted by atomic mass is 10.0. The molecule has 2 rings (SSSR count). The molecule has 1 fully saturated rings. The molecular weight excluding hydrogens is 295 g/mol. The Hall–Kier alpha value is -1.46. The van der Waals surface area contributed by atoms with Crippen molar-refractivity contribution in [1.82, 2.24) is 10.2 Å². The molecule has 0 radical (unpaired) electrons. The molecule has 0 spiro atoms. The first kappa shape index (κ1) is 17.9. The lowest BCUT2D eigenvalue weighted by Gasteiger charge is -2.30. The van der Waals surface area contributed by atoms with Crippen LogP contribution in [0, 0.1) is 11.7 Å². The normalized spacial score (nSPS) is 20.2. The molecule has 2 unspecified atom stereocenters. The molecule has 1 aliphatic heterocycles. The summed E-state index contributed by atoms with van der Waals surface area (Å²) in [6.07, 6.45) is 2.48. The fourth-order valence-electron chi connectivity index (χ4n) is 3.10. The monoisotopic (exact) mass is 322 g/mol. The number of piperidine rings is 1. The van der Waals surface area contributed by atoms with E-state index < -0.39 is 11.9 Å². The van der Waals surface area contributed by atoms with E-state index in [1.54, 1.807) is 6.07 Å². The van der Waals surface area contributed by atoms with Crippen LogP contribution in [0.5, 0.6) is 0 Å². The van der Waals surface area contributed by atoms with E-state index in [4.69, 9.17) is 0 Å². The third kappa shape index (κ3) is 6.28. The number of hydrogen-bond donors (Lipinski definition) is 2. The van der Waals surface area contributed by atoms with E-state index in [1.165, 1.54) is 31.0 Å². The first-order valence-electron chi connectivity index (χ1n) is 8.47. The topological polar surface area (TPSA) is 52.6 Å². The van der Waals surface area contributed by atoms with Crippen molar-refractivity contribution >= 4 is 5.91 Å². The van der Waals surface area contributed by atoms with Crippen molar-refractivity contribution in [1.29, 1.82) is 0 Å². The minimum atomic E-state index is -0.964. The summed E-state index contributed by atoms with van der Waals surface area (Å²) in [5, 5.41) is 12.8. The van der Waals surface area contributed by atoms with E-state index in [-0.39, 0.29) is 12.3 Å². The average molecular weight is 322 g/mol. The Morgan fingerprint density at radius 1 is 1.52 bits per heavy atom. The predicted octanol–water partition coefficient (Wildman–Crippen LogP) is 2.49. The summed E-state index contributed by atoms with van der Waals surface area (Å²) in [7, 11) is 0. The van der Waals surface area contributed by atoms with Gasteiger partial charge in [0.2, 0.25) is 5.91 Å². The molecule has 1 aromatic carbocycles. The number of carbonyl (C=O) groups is 1. The molecule has 1 aliphatic rings. The van der Waals surface area contributed by atoms with Gasteiger partial charge in [0, 0.05) is 13.1 Å². The Balaban J connectivity index is 1.63. The van der Waals surface area contributed by atoms with E-state index in [2.05, 4.69) is 17.1 Å². The summed E-state index contributed by atoms with van der Waals surface area (Å²) in [5.74, 6) is 0.159. The number of rotatable bonds is 7. The molecule has 23 heavy (non-hydrogen) atoms. The number of aliphatic hydroxyl groups is 1. The van der Waals surface area contributed by atoms with Crippen molar-refractivity contribution < 1.29 is 14.3 Å². The van der Waals surface area contributed by atoms with Gasteiger partial charge in [0.05, 0.1) is 12.5 Å². The molecule has 1 saturated heterocycles. The van der Waals surface area contributed by atoms with Crippen molar-refractivity contribution in [2.75, 3.05) is 26.2 Å². The third-order valence-corrected chi connectivity index (χ3v) is 4.33. The van der Waals surface area contributed by atoms with Gasteiger partial charge < -0.3 is 15.3 Å². The zero-order valence-corrected chi connectivity index (χ0v) is 13.8. The Morgan fingerprint density at radius 3 is 3.09 bits per heavy atom. The van der Waals surface area contributed by atoms with E-state index in [1.807, 2.05) is 0 Å². The number of nitrogens with zero attached hydrogens (tertiary/aromatic N) is 1. The average Bonchev–Trinajstić information content (AvgIpc) is 2.51. The highest BCUT2D eigenvalue weighted by atomic mass is 19.1. The maximum Gasteiger partial charge on any atom is 0.222 e. The lowest BCUT2D eigenvalue weighted by Crippen LogP contribution is -2.36. The van der Waals surface area contributed by atoms with Crippen LogP contribution in [-0.2, 0) is 4.79 Å². The minimum Gasteiger partial charge on any atom is -0.388 e. The van der Waals surface area contributed by atoms with Crippen molar-refractivity contribution in [3.8, 4) is 0 Å². The fourth-order valence-corrected chi connectivity index (χ4v) is 3.10. The molecule has 1 amide bonds. The zero-order valence-electron chi connectivity index (χ0n) is 13.8. The zero-order chi connectivity index (χ0) is 16.7. The number of hydrogen-bond acceptors (Lipinski definition) is 3. The largest absolute Gasteiger partial charge is 0.388 e. The molecule has 1 aromatic rings. The van der Waals surface area contributed by atoms with Gasteiger partial charge >= 0.3 is 0 Å². The Bertz CT molecular complexity index is 510. The molecule has 128 valence electrons. The molecule has 2 atom stereocenters. The van der Waals surface area contributed by atoms with Crippen molar-refractivity contribution in [3.05, 3.63) is 35.6 Å². The second-order valence-electron chi connectivity index (χ2n) is 6.53. The van der Waals surface area contributed by atoms with Gasteiger partial charge in [-0.15, -0.1) is 0 Å². The molecule has 2 N–H and O–H groups in total. The SMILES string of the molecule is CC1CCCN(CCCNC(=O)CC(O)c2cccc(F)c2)C1. The van der Waals surface area contributed by atoms with Gasteiger partial charge in [-0.2, -0.15) is 0 Å². The minimum absolute atomic E-state index is 0.0375. The first-order chi connectivity index (χ1) is 11.0. The number of halogens is 1. The number of nitrogens with one attached hydrogen (secondary N) is 1. The Morgan fingerprint density at radius 2 is 2.35 bits per heavy atom. The molecular formula is C18H27FN2O2. The van der Waals surface area contributed by atoms with Gasteiger partial charge in [0.15, 0.2) is 0 Å². The fraction of sp³-hybridized carbons (Fsp3) is 0.611. The quantitative estimate of drug-likeness (QED) is 0.758. The molecule has 0 saturated carbocycles. The van der Waals surface area contributed by atoms with Crippen LogP contribution in [0.25, 0.3) is 0 Å². The lowest BCUT2D eigenvalue weighted by molar-refractivity contribution is -0.123. The maximum atomic E-state index is 13.1. The van der Waals surface area contributed by atoms with Crippen LogP contribution in [0.15, 0.2) is 24.3 Å². The summed E-state index contributed by atoms with van der Waals surface area (Å²) in [6, 6.07) is 5.73. The van der Waals surface area contributed by atoms with Crippen LogP contribution < -0.4 is 5.32 Å². The Kier molecular flexibility index (Phi) is 6.99. The van der Waals surface area contributed by atoms with Crippen LogP contribution in [-0.4, -0.2) is 42.1 Å². The van der Waals surface area contributed by atoms with Gasteiger partial charge in [-0.05, 0) is 56.0 Å². The van der Waals surface area contributed by atoms with Crippen molar-refractivity contribution in [2.45, 2.75) is 38.7 Å². The number of likely N-dealkylation sites (tertiary alicyclic amines) is 1. The standard InChI is InChI=1S/C18H27FN2O2/c1-14-5-3-9-21(13-14)10-4-8-20-18(23)12-17(22)15-6-2-7-16(19)11-15/h2,6-7,11,14,17,22H,3-5,8-10,12-13H2,1H3,(H,20,23). The summed E-state index contributed by atoms with van der Waals surface area (Å²) < 4.78 is 13.1. The van der Waals surface area contributed by atoms with Crippen LogP contribution in [0.1, 0.15) is 44.3 Å².